The van der Waals surface area contributed by atoms with E-state index in [1.165, 1.54) is 0 Å². The zero-order valence-corrected chi connectivity index (χ0v) is 15.6. The minimum absolute atomic E-state index is 0.0769. The van der Waals surface area contributed by atoms with Crippen LogP contribution in [0.1, 0.15) is 36.9 Å². The van der Waals surface area contributed by atoms with Crippen molar-refractivity contribution in [3.05, 3.63) is 71.6 Å². The number of carbonyl (C=O) groups is 1. The Morgan fingerprint density at radius 3 is 2.41 bits per heavy atom. The molecule has 27 heavy (non-hydrogen) atoms. The predicted octanol–water partition coefficient (Wildman–Crippen LogP) is 3.25. The standard InChI is InChI=1S/C21H24N4O2/c1-14(2)19(23-18(26)12-15-6-4-3-5-7-15)21-24-20(25-27-21)17-10-8-16(13-22)9-11-17/h3-11,14,19H,12-13,22H2,1-2H3,(H,23,26). The third-order valence-corrected chi connectivity index (χ3v) is 4.35. The number of benzene rings is 2. The molecule has 1 heterocycles. The van der Waals surface area contributed by atoms with Gasteiger partial charge in [0.05, 0.1) is 6.42 Å². The zero-order chi connectivity index (χ0) is 19.2. The molecule has 0 aliphatic heterocycles. The first-order chi connectivity index (χ1) is 13.1. The van der Waals surface area contributed by atoms with Crippen molar-refractivity contribution in [3.8, 4) is 11.4 Å². The van der Waals surface area contributed by atoms with Crippen LogP contribution in [0.2, 0.25) is 0 Å². The number of nitrogens with zero attached hydrogens (tertiary/aromatic N) is 2. The molecule has 0 saturated heterocycles. The Bertz CT molecular complexity index is 873. The van der Waals surface area contributed by atoms with Crippen molar-refractivity contribution in [2.24, 2.45) is 11.7 Å². The molecule has 0 aliphatic rings. The zero-order valence-electron chi connectivity index (χ0n) is 15.6. The van der Waals surface area contributed by atoms with Crippen LogP contribution in [0.4, 0.5) is 0 Å². The molecule has 1 aromatic heterocycles. The molecule has 1 atom stereocenters. The topological polar surface area (TPSA) is 94.0 Å². The first-order valence-electron chi connectivity index (χ1n) is 9.03. The molecule has 3 N–H and O–H groups in total. The van der Waals surface area contributed by atoms with Crippen molar-refractivity contribution in [1.29, 1.82) is 0 Å². The molecule has 0 spiro atoms. The van der Waals surface area contributed by atoms with Gasteiger partial charge in [0.15, 0.2) is 0 Å². The van der Waals surface area contributed by atoms with E-state index in [-0.39, 0.29) is 17.9 Å². The lowest BCUT2D eigenvalue weighted by molar-refractivity contribution is -0.121. The summed E-state index contributed by atoms with van der Waals surface area (Å²) in [5.74, 6) is 0.936. The number of hydrogen-bond acceptors (Lipinski definition) is 5. The number of nitrogens with two attached hydrogens (primary N) is 1. The summed E-state index contributed by atoms with van der Waals surface area (Å²) in [6, 6.07) is 17.0. The van der Waals surface area contributed by atoms with Crippen LogP contribution in [0.5, 0.6) is 0 Å². The summed E-state index contributed by atoms with van der Waals surface area (Å²) in [6.07, 6.45) is 0.311. The smallest absolute Gasteiger partial charge is 0.249 e. The highest BCUT2D eigenvalue weighted by Gasteiger charge is 2.24. The lowest BCUT2D eigenvalue weighted by atomic mass is 10.0. The molecule has 0 bridgehead atoms. The van der Waals surface area contributed by atoms with Crippen LogP contribution in [-0.4, -0.2) is 16.0 Å². The molecule has 0 fully saturated rings. The quantitative estimate of drug-likeness (QED) is 0.671. The fourth-order valence-electron chi connectivity index (χ4n) is 2.79. The van der Waals surface area contributed by atoms with Gasteiger partial charge in [0, 0.05) is 12.1 Å². The van der Waals surface area contributed by atoms with Crippen molar-refractivity contribution in [3.63, 3.8) is 0 Å². The molecule has 6 nitrogen and oxygen atoms in total. The molecular formula is C21H24N4O2. The van der Waals surface area contributed by atoms with E-state index >= 15 is 0 Å². The predicted molar refractivity (Wildman–Crippen MR) is 103 cm³/mol. The minimum atomic E-state index is -0.342. The Morgan fingerprint density at radius 2 is 1.78 bits per heavy atom. The molecule has 0 aliphatic carbocycles. The Morgan fingerprint density at radius 1 is 1.07 bits per heavy atom. The maximum absolute atomic E-state index is 12.4. The van der Waals surface area contributed by atoms with Gasteiger partial charge >= 0.3 is 0 Å². The van der Waals surface area contributed by atoms with E-state index in [0.717, 1.165) is 16.7 Å². The minimum Gasteiger partial charge on any atom is -0.344 e. The molecule has 0 radical (unpaired) electrons. The third kappa shape index (κ3) is 4.80. The average Bonchev–Trinajstić information content (AvgIpc) is 3.16. The Labute approximate surface area is 158 Å². The van der Waals surface area contributed by atoms with Crippen molar-refractivity contribution in [2.45, 2.75) is 32.9 Å². The van der Waals surface area contributed by atoms with E-state index in [0.29, 0.717) is 24.7 Å². The van der Waals surface area contributed by atoms with E-state index in [2.05, 4.69) is 15.5 Å². The summed E-state index contributed by atoms with van der Waals surface area (Å²) < 4.78 is 5.45. The monoisotopic (exact) mass is 364 g/mol. The van der Waals surface area contributed by atoms with E-state index in [1.807, 2.05) is 68.4 Å². The summed E-state index contributed by atoms with van der Waals surface area (Å²) in [6.45, 7) is 4.50. The van der Waals surface area contributed by atoms with Gasteiger partial charge in [-0.15, -0.1) is 0 Å². The summed E-state index contributed by atoms with van der Waals surface area (Å²) in [7, 11) is 0. The number of carbonyl (C=O) groups excluding carboxylic acids is 1. The third-order valence-electron chi connectivity index (χ3n) is 4.35. The van der Waals surface area contributed by atoms with Crippen LogP contribution in [0, 0.1) is 5.92 Å². The van der Waals surface area contributed by atoms with Gasteiger partial charge in [0.1, 0.15) is 6.04 Å². The fraction of sp³-hybridized carbons (Fsp3) is 0.286. The van der Waals surface area contributed by atoms with Crippen LogP contribution >= 0.6 is 0 Å². The SMILES string of the molecule is CC(C)C(NC(=O)Cc1ccccc1)c1nc(-c2ccc(CN)cc2)no1. The first kappa shape index (κ1) is 18.8. The molecule has 0 saturated carbocycles. The van der Waals surface area contributed by atoms with Gasteiger partial charge in [0.25, 0.3) is 0 Å². The summed E-state index contributed by atoms with van der Waals surface area (Å²) in [5.41, 5.74) is 8.47. The maximum Gasteiger partial charge on any atom is 0.249 e. The number of rotatable bonds is 7. The van der Waals surface area contributed by atoms with Gasteiger partial charge in [0.2, 0.25) is 17.6 Å². The van der Waals surface area contributed by atoms with Crippen LogP contribution < -0.4 is 11.1 Å². The van der Waals surface area contributed by atoms with Gasteiger partial charge < -0.3 is 15.6 Å². The molecule has 2 aromatic carbocycles. The van der Waals surface area contributed by atoms with Crippen LogP contribution in [0.15, 0.2) is 59.1 Å². The highest BCUT2D eigenvalue weighted by Crippen LogP contribution is 2.24. The van der Waals surface area contributed by atoms with E-state index in [1.54, 1.807) is 0 Å². The van der Waals surface area contributed by atoms with Gasteiger partial charge in [-0.1, -0.05) is 73.6 Å². The lowest BCUT2D eigenvalue weighted by Gasteiger charge is -2.18. The van der Waals surface area contributed by atoms with E-state index in [9.17, 15) is 4.79 Å². The van der Waals surface area contributed by atoms with Crippen molar-refractivity contribution >= 4 is 5.91 Å². The second-order valence-corrected chi connectivity index (χ2v) is 6.81. The summed E-state index contributed by atoms with van der Waals surface area (Å²) >= 11 is 0. The average molecular weight is 364 g/mol. The fourth-order valence-corrected chi connectivity index (χ4v) is 2.79. The van der Waals surface area contributed by atoms with Crippen molar-refractivity contribution in [1.82, 2.24) is 15.5 Å². The van der Waals surface area contributed by atoms with E-state index in [4.69, 9.17) is 10.3 Å². The number of amides is 1. The maximum atomic E-state index is 12.4. The number of aromatic nitrogens is 2. The molecule has 140 valence electrons. The molecular weight excluding hydrogens is 340 g/mol. The molecule has 3 rings (SSSR count). The summed E-state index contributed by atoms with van der Waals surface area (Å²) in [4.78, 5) is 16.9. The second-order valence-electron chi connectivity index (χ2n) is 6.81. The van der Waals surface area contributed by atoms with Gasteiger partial charge in [-0.3, -0.25) is 4.79 Å². The summed E-state index contributed by atoms with van der Waals surface area (Å²) in [5, 5.41) is 7.08. The molecule has 1 amide bonds. The van der Waals surface area contributed by atoms with Gasteiger partial charge in [-0.25, -0.2) is 0 Å². The molecule has 1 unspecified atom stereocenters. The number of nitrogens with one attached hydrogen (secondary N) is 1. The van der Waals surface area contributed by atoms with Crippen LogP contribution in [0.25, 0.3) is 11.4 Å². The Balaban J connectivity index is 1.73. The Hall–Kier alpha value is -2.99. The molecule has 3 aromatic rings. The first-order valence-corrected chi connectivity index (χ1v) is 9.03. The second kappa shape index (κ2) is 8.60. The van der Waals surface area contributed by atoms with E-state index < -0.39 is 0 Å². The van der Waals surface area contributed by atoms with Gasteiger partial charge in [-0.05, 0) is 17.0 Å². The van der Waals surface area contributed by atoms with Crippen LogP contribution in [-0.2, 0) is 17.8 Å². The number of hydrogen-bond donors (Lipinski definition) is 2. The van der Waals surface area contributed by atoms with Crippen molar-refractivity contribution in [2.75, 3.05) is 0 Å². The van der Waals surface area contributed by atoms with Gasteiger partial charge in [-0.2, -0.15) is 4.98 Å². The van der Waals surface area contributed by atoms with Crippen LogP contribution in [0.3, 0.4) is 0 Å². The largest absolute Gasteiger partial charge is 0.344 e. The lowest BCUT2D eigenvalue weighted by Crippen LogP contribution is -2.33. The normalized spacial score (nSPS) is 12.1. The highest BCUT2D eigenvalue weighted by molar-refractivity contribution is 5.78. The van der Waals surface area contributed by atoms with Crippen molar-refractivity contribution < 1.29 is 9.32 Å². The Kier molecular flexibility index (Phi) is 5.98. The molecule has 6 heteroatoms. The highest BCUT2D eigenvalue weighted by atomic mass is 16.5.